The van der Waals surface area contributed by atoms with Gasteiger partial charge in [-0.25, -0.2) is 0 Å². The van der Waals surface area contributed by atoms with Crippen LogP contribution in [0.2, 0.25) is 0 Å². The van der Waals surface area contributed by atoms with E-state index < -0.39 is 0 Å². The molecule has 0 aromatic heterocycles. The fraction of sp³-hybridized carbons (Fsp3) is 0. The summed E-state index contributed by atoms with van der Waals surface area (Å²) in [7, 11) is 0. The number of fused-ring (bicyclic) bond motifs is 1. The summed E-state index contributed by atoms with van der Waals surface area (Å²) in [4.78, 5) is 0. The maximum absolute atomic E-state index is 8.98. The lowest BCUT2D eigenvalue weighted by molar-refractivity contribution is 1.47. The number of nitrogens with zero attached hydrogens (tertiary/aromatic N) is 2. The van der Waals surface area contributed by atoms with Crippen LogP contribution in [0.25, 0.3) is 28.0 Å². The summed E-state index contributed by atoms with van der Waals surface area (Å²) >= 11 is 0. The van der Waals surface area contributed by atoms with Crippen molar-refractivity contribution in [2.24, 2.45) is 0 Å². The van der Waals surface area contributed by atoms with Crippen molar-refractivity contribution in [3.8, 4) is 23.3 Å². The quantitative estimate of drug-likeness (QED) is 0.624. The van der Waals surface area contributed by atoms with Crippen LogP contribution in [0.4, 0.5) is 0 Å². The summed E-state index contributed by atoms with van der Waals surface area (Å²) < 4.78 is 0. The van der Waals surface area contributed by atoms with Gasteiger partial charge in [0.15, 0.2) is 0 Å². The van der Waals surface area contributed by atoms with E-state index in [9.17, 15) is 0 Å². The first-order chi connectivity index (χ1) is 10.8. The average molecular weight is 280 g/mol. The molecular formula is C20H12N2. The SMILES string of the molecule is N#CC(C#N)=Cc1ccccc1-c1cccc2ccccc12. The Kier molecular flexibility index (Phi) is 3.69. The van der Waals surface area contributed by atoms with Crippen LogP contribution in [0.15, 0.2) is 72.3 Å². The highest BCUT2D eigenvalue weighted by Crippen LogP contribution is 2.31. The largest absolute Gasteiger partial charge is 0.192 e. The predicted octanol–water partition coefficient (Wildman–Crippen LogP) is 4.94. The van der Waals surface area contributed by atoms with Crippen LogP contribution in [0.1, 0.15) is 5.56 Å². The molecule has 0 unspecified atom stereocenters. The van der Waals surface area contributed by atoms with Gasteiger partial charge in [-0.2, -0.15) is 10.5 Å². The highest BCUT2D eigenvalue weighted by Gasteiger charge is 2.07. The number of hydrogen-bond donors (Lipinski definition) is 0. The van der Waals surface area contributed by atoms with Crippen molar-refractivity contribution in [2.45, 2.75) is 0 Å². The van der Waals surface area contributed by atoms with Crippen LogP contribution in [0.5, 0.6) is 0 Å². The van der Waals surface area contributed by atoms with Gasteiger partial charge in [-0.3, -0.25) is 0 Å². The molecule has 0 fully saturated rings. The molecule has 0 N–H and O–H groups in total. The van der Waals surface area contributed by atoms with Crippen molar-refractivity contribution in [2.75, 3.05) is 0 Å². The van der Waals surface area contributed by atoms with Crippen LogP contribution in [-0.2, 0) is 0 Å². The van der Waals surface area contributed by atoms with Crippen molar-refractivity contribution in [1.82, 2.24) is 0 Å². The third kappa shape index (κ3) is 2.46. The van der Waals surface area contributed by atoms with E-state index in [2.05, 4.69) is 24.3 Å². The van der Waals surface area contributed by atoms with Crippen molar-refractivity contribution in [3.05, 3.63) is 77.9 Å². The molecule has 0 spiro atoms. The summed E-state index contributed by atoms with van der Waals surface area (Å²) in [6.45, 7) is 0. The molecule has 0 aliphatic rings. The number of allylic oxidation sites excluding steroid dienone is 1. The third-order valence-corrected chi connectivity index (χ3v) is 3.58. The minimum atomic E-state index is 0.104. The smallest absolute Gasteiger partial charge is 0.130 e. The highest BCUT2D eigenvalue weighted by molar-refractivity contribution is 5.98. The molecular weight excluding hydrogens is 268 g/mol. The van der Waals surface area contributed by atoms with E-state index in [1.807, 2.05) is 54.6 Å². The Morgan fingerprint density at radius 3 is 2.18 bits per heavy atom. The van der Waals surface area contributed by atoms with E-state index in [0.717, 1.165) is 22.1 Å². The Labute approximate surface area is 129 Å². The Bertz CT molecular complexity index is 932. The molecule has 0 radical (unpaired) electrons. The lowest BCUT2D eigenvalue weighted by atomic mass is 9.94. The van der Waals surface area contributed by atoms with Crippen LogP contribution in [0, 0.1) is 22.7 Å². The molecule has 0 saturated heterocycles. The number of nitriles is 2. The zero-order valence-electron chi connectivity index (χ0n) is 11.8. The summed E-state index contributed by atoms with van der Waals surface area (Å²) in [5.41, 5.74) is 3.09. The van der Waals surface area contributed by atoms with Gasteiger partial charge >= 0.3 is 0 Å². The monoisotopic (exact) mass is 280 g/mol. The standard InChI is InChI=1S/C20H12N2/c21-13-15(14-22)12-17-7-2-4-10-19(17)20-11-5-8-16-6-1-3-9-18(16)20/h1-12H. The topological polar surface area (TPSA) is 47.6 Å². The van der Waals surface area contributed by atoms with Crippen molar-refractivity contribution >= 4 is 16.8 Å². The van der Waals surface area contributed by atoms with E-state index in [0.29, 0.717) is 0 Å². The second-order valence-electron chi connectivity index (χ2n) is 4.90. The van der Waals surface area contributed by atoms with Gasteiger partial charge in [0.25, 0.3) is 0 Å². The average Bonchev–Trinajstić information content (AvgIpc) is 2.59. The molecule has 2 nitrogen and oxygen atoms in total. The van der Waals surface area contributed by atoms with Crippen LogP contribution < -0.4 is 0 Å². The molecule has 102 valence electrons. The van der Waals surface area contributed by atoms with Gasteiger partial charge in [0, 0.05) is 0 Å². The molecule has 3 aromatic rings. The molecule has 3 aromatic carbocycles. The first kappa shape index (κ1) is 13.6. The number of hydrogen-bond acceptors (Lipinski definition) is 2. The molecule has 0 saturated carbocycles. The minimum absolute atomic E-state index is 0.104. The maximum Gasteiger partial charge on any atom is 0.130 e. The number of benzene rings is 3. The minimum Gasteiger partial charge on any atom is -0.192 e. The second kappa shape index (κ2) is 5.95. The number of rotatable bonds is 2. The van der Waals surface area contributed by atoms with Gasteiger partial charge in [-0.1, -0.05) is 66.7 Å². The Morgan fingerprint density at radius 2 is 1.36 bits per heavy atom. The summed E-state index contributed by atoms with van der Waals surface area (Å²) in [5, 5.41) is 20.3. The van der Waals surface area contributed by atoms with Gasteiger partial charge in [0.05, 0.1) is 0 Å². The van der Waals surface area contributed by atoms with E-state index in [4.69, 9.17) is 10.5 Å². The lowest BCUT2D eigenvalue weighted by Gasteiger charge is -2.10. The van der Waals surface area contributed by atoms with Gasteiger partial charge < -0.3 is 0 Å². The molecule has 0 aliphatic heterocycles. The zero-order chi connectivity index (χ0) is 15.4. The molecule has 2 heteroatoms. The molecule has 0 aliphatic carbocycles. The summed E-state index contributed by atoms with van der Waals surface area (Å²) in [6.07, 6.45) is 1.64. The summed E-state index contributed by atoms with van der Waals surface area (Å²) in [6, 6.07) is 26.0. The molecule has 3 rings (SSSR count). The Hall–Kier alpha value is -3.36. The first-order valence-electron chi connectivity index (χ1n) is 6.92. The highest BCUT2D eigenvalue weighted by atomic mass is 14.3. The van der Waals surface area contributed by atoms with Gasteiger partial charge in [0.2, 0.25) is 0 Å². The van der Waals surface area contributed by atoms with E-state index in [-0.39, 0.29) is 5.57 Å². The van der Waals surface area contributed by atoms with Crippen LogP contribution >= 0.6 is 0 Å². The fourth-order valence-corrected chi connectivity index (χ4v) is 2.57. The summed E-state index contributed by atoms with van der Waals surface area (Å²) in [5.74, 6) is 0. The lowest BCUT2D eigenvalue weighted by Crippen LogP contribution is -1.86. The van der Waals surface area contributed by atoms with E-state index in [1.165, 1.54) is 5.39 Å². The normalized spacial score (nSPS) is 9.73. The molecule has 0 bridgehead atoms. The van der Waals surface area contributed by atoms with Crippen molar-refractivity contribution in [1.29, 1.82) is 10.5 Å². The van der Waals surface area contributed by atoms with E-state index >= 15 is 0 Å². The zero-order valence-corrected chi connectivity index (χ0v) is 11.8. The maximum atomic E-state index is 8.98. The molecule has 0 amide bonds. The van der Waals surface area contributed by atoms with Crippen molar-refractivity contribution < 1.29 is 0 Å². The van der Waals surface area contributed by atoms with Crippen LogP contribution in [0.3, 0.4) is 0 Å². The Balaban J connectivity index is 2.27. The van der Waals surface area contributed by atoms with Gasteiger partial charge in [0.1, 0.15) is 17.7 Å². The van der Waals surface area contributed by atoms with Gasteiger partial charge in [-0.15, -0.1) is 0 Å². The van der Waals surface area contributed by atoms with Gasteiger partial charge in [-0.05, 0) is 33.5 Å². The Morgan fingerprint density at radius 1 is 0.727 bits per heavy atom. The molecule has 0 atom stereocenters. The predicted molar refractivity (Wildman–Crippen MR) is 88.6 cm³/mol. The fourth-order valence-electron chi connectivity index (χ4n) is 2.57. The third-order valence-electron chi connectivity index (χ3n) is 3.58. The second-order valence-corrected chi connectivity index (χ2v) is 4.90. The first-order valence-corrected chi connectivity index (χ1v) is 6.92. The van der Waals surface area contributed by atoms with Crippen molar-refractivity contribution in [3.63, 3.8) is 0 Å². The van der Waals surface area contributed by atoms with Crippen LogP contribution in [-0.4, -0.2) is 0 Å². The van der Waals surface area contributed by atoms with E-state index in [1.54, 1.807) is 6.08 Å². The molecule has 0 heterocycles. The molecule has 22 heavy (non-hydrogen) atoms.